The lowest BCUT2D eigenvalue weighted by atomic mass is 9.96. The molecule has 25 heavy (non-hydrogen) atoms. The Hall–Kier alpha value is -2.02. The van der Waals surface area contributed by atoms with E-state index in [-0.39, 0.29) is 18.0 Å². The molecule has 1 fully saturated rings. The summed E-state index contributed by atoms with van der Waals surface area (Å²) < 4.78 is 19.5. The van der Waals surface area contributed by atoms with Gasteiger partial charge in [0.15, 0.2) is 11.6 Å². The lowest BCUT2D eigenvalue weighted by molar-refractivity contribution is 0.231. The van der Waals surface area contributed by atoms with Crippen molar-refractivity contribution in [3.05, 3.63) is 59.7 Å². The molecule has 1 aromatic heterocycles. The van der Waals surface area contributed by atoms with E-state index in [1.165, 1.54) is 11.6 Å². The first-order valence-electron chi connectivity index (χ1n) is 8.67. The maximum atomic E-state index is 14.0. The maximum Gasteiger partial charge on any atom is 0.165 e. The molecule has 0 bridgehead atoms. The topological polar surface area (TPSA) is 58.2 Å². The van der Waals surface area contributed by atoms with E-state index in [9.17, 15) is 4.39 Å². The summed E-state index contributed by atoms with van der Waals surface area (Å²) in [4.78, 5) is 4.19. The van der Waals surface area contributed by atoms with Crippen molar-refractivity contribution in [1.29, 1.82) is 0 Å². The van der Waals surface area contributed by atoms with Crippen LogP contribution in [0.5, 0.6) is 5.75 Å². The fraction of sp³-hybridized carbons (Fsp3) is 0.421. The number of pyridine rings is 1. The van der Waals surface area contributed by atoms with Crippen molar-refractivity contribution < 1.29 is 9.13 Å². The molecule has 3 rings (SSSR count). The predicted molar refractivity (Wildman–Crippen MR) is 95.5 cm³/mol. The quantitative estimate of drug-likeness (QED) is 0.721. The molecule has 6 heteroatoms. The Morgan fingerprint density at radius 1 is 1.36 bits per heavy atom. The minimum absolute atomic E-state index is 0.0368. The largest absolute Gasteiger partial charge is 0.488 e. The van der Waals surface area contributed by atoms with E-state index < -0.39 is 0 Å². The number of hydrazine groups is 1. The highest BCUT2D eigenvalue weighted by Crippen LogP contribution is 2.24. The highest BCUT2D eigenvalue weighted by Gasteiger charge is 2.27. The summed E-state index contributed by atoms with van der Waals surface area (Å²) in [5, 5.41) is 3.42. The molecule has 5 nitrogen and oxygen atoms in total. The van der Waals surface area contributed by atoms with Gasteiger partial charge in [-0.3, -0.25) is 10.4 Å². The van der Waals surface area contributed by atoms with E-state index in [0.717, 1.165) is 18.7 Å². The molecule has 2 atom stereocenters. The number of aromatic nitrogens is 1. The van der Waals surface area contributed by atoms with Crippen LogP contribution >= 0.6 is 0 Å². The summed E-state index contributed by atoms with van der Waals surface area (Å²) in [6, 6.07) is 9.38. The number of hydrogen-bond donors (Lipinski definition) is 3. The highest BCUT2D eigenvalue weighted by molar-refractivity contribution is 5.29. The second-order valence-electron chi connectivity index (χ2n) is 6.61. The number of rotatable bonds is 7. The van der Waals surface area contributed by atoms with Gasteiger partial charge in [-0.15, -0.1) is 0 Å². The van der Waals surface area contributed by atoms with Crippen LogP contribution in [-0.2, 0) is 6.54 Å². The van der Waals surface area contributed by atoms with Crippen LogP contribution in [0.2, 0.25) is 0 Å². The fourth-order valence-electron chi connectivity index (χ4n) is 3.05. The van der Waals surface area contributed by atoms with Crippen LogP contribution in [0.3, 0.4) is 0 Å². The van der Waals surface area contributed by atoms with Gasteiger partial charge in [0.05, 0.1) is 12.1 Å². The van der Waals surface area contributed by atoms with Gasteiger partial charge in [-0.25, -0.2) is 9.82 Å². The van der Waals surface area contributed by atoms with E-state index in [0.29, 0.717) is 18.2 Å². The van der Waals surface area contributed by atoms with Crippen LogP contribution in [0.1, 0.15) is 31.0 Å². The van der Waals surface area contributed by atoms with E-state index in [1.807, 2.05) is 32.2 Å². The normalized spacial score (nSPS) is 20.2. The average molecular weight is 344 g/mol. The van der Waals surface area contributed by atoms with Gasteiger partial charge in [-0.05, 0) is 43.2 Å². The number of hydrogen-bond acceptors (Lipinski definition) is 5. The monoisotopic (exact) mass is 344 g/mol. The zero-order valence-electron chi connectivity index (χ0n) is 14.6. The third-order valence-electron chi connectivity index (χ3n) is 4.23. The van der Waals surface area contributed by atoms with Crippen molar-refractivity contribution in [2.24, 2.45) is 5.92 Å². The summed E-state index contributed by atoms with van der Waals surface area (Å²) in [6.07, 6.45) is 3.63. The van der Waals surface area contributed by atoms with E-state index in [1.54, 1.807) is 12.3 Å². The highest BCUT2D eigenvalue weighted by atomic mass is 19.1. The van der Waals surface area contributed by atoms with Gasteiger partial charge in [0.1, 0.15) is 0 Å². The van der Waals surface area contributed by atoms with Crippen molar-refractivity contribution >= 4 is 0 Å². The standard InChI is InChI=1S/C19H25FN4O/c1-13(2)25-18-6-5-14(8-17(18)20)9-22-11-16-12-23-24-19(16)15-4-3-7-21-10-15/h3-8,10,13,16,19,22-24H,9,11-12H2,1-2H3. The Labute approximate surface area is 148 Å². The molecular weight excluding hydrogens is 319 g/mol. The number of ether oxygens (including phenoxy) is 1. The Bertz CT molecular complexity index is 680. The molecular formula is C19H25FN4O. The van der Waals surface area contributed by atoms with Crippen LogP contribution < -0.4 is 20.9 Å². The average Bonchev–Trinajstić information content (AvgIpc) is 3.06. The molecule has 2 unspecified atom stereocenters. The van der Waals surface area contributed by atoms with Crippen molar-refractivity contribution in [3.63, 3.8) is 0 Å². The second-order valence-corrected chi connectivity index (χ2v) is 6.61. The summed E-state index contributed by atoms with van der Waals surface area (Å²) in [6.45, 7) is 6.09. The molecule has 0 saturated carbocycles. The number of nitrogens with zero attached hydrogens (tertiary/aromatic N) is 1. The fourth-order valence-corrected chi connectivity index (χ4v) is 3.05. The van der Waals surface area contributed by atoms with Crippen molar-refractivity contribution in [2.75, 3.05) is 13.1 Å². The van der Waals surface area contributed by atoms with Crippen molar-refractivity contribution in [2.45, 2.75) is 32.5 Å². The zero-order chi connectivity index (χ0) is 17.6. The van der Waals surface area contributed by atoms with Gasteiger partial charge >= 0.3 is 0 Å². The molecule has 1 saturated heterocycles. The first kappa shape index (κ1) is 17.8. The van der Waals surface area contributed by atoms with Crippen LogP contribution in [0.4, 0.5) is 4.39 Å². The maximum absolute atomic E-state index is 14.0. The third-order valence-corrected chi connectivity index (χ3v) is 4.23. The van der Waals surface area contributed by atoms with Crippen LogP contribution in [0, 0.1) is 11.7 Å². The summed E-state index contributed by atoms with van der Waals surface area (Å²) in [5.41, 5.74) is 8.58. The first-order chi connectivity index (χ1) is 12.1. The van der Waals surface area contributed by atoms with Crippen molar-refractivity contribution in [3.8, 4) is 5.75 Å². The molecule has 2 heterocycles. The minimum atomic E-state index is -0.314. The van der Waals surface area contributed by atoms with E-state index in [2.05, 4.69) is 27.2 Å². The Morgan fingerprint density at radius 2 is 2.24 bits per heavy atom. The second kappa shape index (κ2) is 8.38. The minimum Gasteiger partial charge on any atom is -0.488 e. The molecule has 0 radical (unpaired) electrons. The molecule has 134 valence electrons. The molecule has 2 aromatic rings. The summed E-state index contributed by atoms with van der Waals surface area (Å²) in [7, 11) is 0. The lowest BCUT2D eigenvalue weighted by Crippen LogP contribution is -2.28. The van der Waals surface area contributed by atoms with Crippen LogP contribution in [-0.4, -0.2) is 24.2 Å². The molecule has 1 aliphatic rings. The molecule has 1 aromatic carbocycles. The van der Waals surface area contributed by atoms with Gasteiger partial charge in [0.25, 0.3) is 0 Å². The zero-order valence-corrected chi connectivity index (χ0v) is 14.6. The summed E-state index contributed by atoms with van der Waals surface area (Å²) >= 11 is 0. The molecule has 3 N–H and O–H groups in total. The smallest absolute Gasteiger partial charge is 0.165 e. The first-order valence-corrected chi connectivity index (χ1v) is 8.67. The van der Waals surface area contributed by atoms with Gasteiger partial charge in [0, 0.05) is 37.9 Å². The Morgan fingerprint density at radius 3 is 2.96 bits per heavy atom. The molecule has 0 spiro atoms. The predicted octanol–water partition coefficient (Wildman–Crippen LogP) is 2.56. The molecule has 0 amide bonds. The van der Waals surface area contributed by atoms with Gasteiger partial charge in [-0.2, -0.15) is 0 Å². The summed E-state index contributed by atoms with van der Waals surface area (Å²) in [5.74, 6) is 0.391. The van der Waals surface area contributed by atoms with E-state index >= 15 is 0 Å². The third kappa shape index (κ3) is 4.75. The van der Waals surface area contributed by atoms with Crippen LogP contribution in [0.25, 0.3) is 0 Å². The lowest BCUT2D eigenvalue weighted by Gasteiger charge is -2.19. The Kier molecular flexibility index (Phi) is 5.96. The number of benzene rings is 1. The number of halogens is 1. The van der Waals surface area contributed by atoms with Crippen LogP contribution in [0.15, 0.2) is 42.7 Å². The molecule has 1 aliphatic heterocycles. The SMILES string of the molecule is CC(C)Oc1ccc(CNCC2CNNC2c2cccnc2)cc1F. The van der Waals surface area contributed by atoms with Gasteiger partial charge in [-0.1, -0.05) is 12.1 Å². The van der Waals surface area contributed by atoms with Gasteiger partial charge in [0.2, 0.25) is 0 Å². The number of nitrogens with one attached hydrogen (secondary N) is 3. The Balaban J connectivity index is 1.53. The van der Waals surface area contributed by atoms with Crippen molar-refractivity contribution in [1.82, 2.24) is 21.2 Å². The van der Waals surface area contributed by atoms with E-state index in [4.69, 9.17) is 4.74 Å². The molecule has 0 aliphatic carbocycles. The van der Waals surface area contributed by atoms with Gasteiger partial charge < -0.3 is 10.1 Å².